The fraction of sp³-hybridized carbons (Fsp3) is 0.458. The molecule has 30 heavy (non-hydrogen) atoms. The minimum atomic E-state index is -0.413. The van der Waals surface area contributed by atoms with Crippen LogP contribution in [-0.2, 0) is 11.2 Å². The summed E-state index contributed by atoms with van der Waals surface area (Å²) in [5, 5.41) is 3.11. The summed E-state index contributed by atoms with van der Waals surface area (Å²) in [4.78, 5) is 17.8. The molecular formula is C24H30ClN3O2. The summed E-state index contributed by atoms with van der Waals surface area (Å²) in [7, 11) is 1.74. The van der Waals surface area contributed by atoms with E-state index in [0.717, 1.165) is 43.8 Å². The van der Waals surface area contributed by atoms with Gasteiger partial charge in [0.2, 0.25) is 5.91 Å². The third-order valence-electron chi connectivity index (χ3n) is 7.11. The maximum Gasteiger partial charge on any atom is 0.247 e. The first-order chi connectivity index (χ1) is 14.2. The van der Waals surface area contributed by atoms with Crippen molar-refractivity contribution in [3.63, 3.8) is 0 Å². The lowest BCUT2D eigenvalue weighted by molar-refractivity contribution is -0.125. The van der Waals surface area contributed by atoms with E-state index in [4.69, 9.17) is 4.74 Å². The van der Waals surface area contributed by atoms with Crippen LogP contribution >= 0.6 is 12.4 Å². The Morgan fingerprint density at radius 3 is 2.60 bits per heavy atom. The normalized spacial score (nSPS) is 22.9. The highest BCUT2D eigenvalue weighted by molar-refractivity contribution is 5.93. The Bertz CT molecular complexity index is 897. The van der Waals surface area contributed by atoms with Crippen molar-refractivity contribution in [2.24, 2.45) is 0 Å². The van der Waals surface area contributed by atoms with Crippen molar-refractivity contribution in [3.05, 3.63) is 59.7 Å². The summed E-state index contributed by atoms with van der Waals surface area (Å²) in [6.07, 6.45) is 5.29. The van der Waals surface area contributed by atoms with Crippen LogP contribution in [-0.4, -0.2) is 43.2 Å². The van der Waals surface area contributed by atoms with E-state index in [1.165, 1.54) is 24.0 Å². The number of nitrogens with one attached hydrogen (secondary N) is 1. The number of anilines is 1. The molecule has 0 aromatic heterocycles. The van der Waals surface area contributed by atoms with Crippen LogP contribution in [0.1, 0.15) is 42.9 Å². The van der Waals surface area contributed by atoms with E-state index >= 15 is 0 Å². The van der Waals surface area contributed by atoms with Crippen molar-refractivity contribution in [2.75, 3.05) is 31.8 Å². The van der Waals surface area contributed by atoms with Crippen molar-refractivity contribution >= 4 is 24.0 Å². The highest BCUT2D eigenvalue weighted by Gasteiger charge is 2.51. The van der Waals surface area contributed by atoms with Gasteiger partial charge in [-0.25, -0.2) is 0 Å². The van der Waals surface area contributed by atoms with Gasteiger partial charge >= 0.3 is 0 Å². The quantitative estimate of drug-likeness (QED) is 0.806. The van der Waals surface area contributed by atoms with Gasteiger partial charge in [0.1, 0.15) is 11.3 Å². The number of methoxy groups -OCH3 is 1. The van der Waals surface area contributed by atoms with Crippen molar-refractivity contribution in [1.82, 2.24) is 10.2 Å². The number of aryl methyl sites for hydroxylation is 1. The number of carbonyl (C=O) groups excluding carboxylic acids is 1. The zero-order valence-electron chi connectivity index (χ0n) is 17.5. The molecule has 2 aliphatic heterocycles. The second kappa shape index (κ2) is 8.48. The molecule has 3 aliphatic rings. The minimum Gasteiger partial charge on any atom is -0.497 e. The van der Waals surface area contributed by atoms with Crippen LogP contribution in [0.3, 0.4) is 0 Å². The van der Waals surface area contributed by atoms with E-state index in [1.807, 2.05) is 18.2 Å². The van der Waals surface area contributed by atoms with E-state index in [0.29, 0.717) is 12.7 Å². The van der Waals surface area contributed by atoms with Gasteiger partial charge in [-0.05, 0) is 67.5 Å². The summed E-state index contributed by atoms with van der Waals surface area (Å²) in [5.74, 6) is 1.13. The van der Waals surface area contributed by atoms with Crippen molar-refractivity contribution in [3.8, 4) is 5.75 Å². The average Bonchev–Trinajstić information content (AvgIpc) is 3.09. The molecule has 1 spiro atoms. The molecule has 6 heteroatoms. The number of para-hydroxylation sites is 1. The Hall–Kier alpha value is -2.24. The molecule has 160 valence electrons. The zero-order valence-corrected chi connectivity index (χ0v) is 18.3. The third-order valence-corrected chi connectivity index (χ3v) is 7.11. The molecule has 0 saturated carbocycles. The van der Waals surface area contributed by atoms with Gasteiger partial charge in [0.05, 0.1) is 13.8 Å². The Balaban J connectivity index is 0.00000218. The molecule has 0 bridgehead atoms. The molecule has 1 unspecified atom stereocenters. The number of nitrogens with zero attached hydrogens (tertiary/aromatic N) is 2. The first kappa shape index (κ1) is 21.0. The number of amides is 1. The fourth-order valence-corrected chi connectivity index (χ4v) is 5.50. The Morgan fingerprint density at radius 2 is 1.87 bits per heavy atom. The van der Waals surface area contributed by atoms with Gasteiger partial charge in [-0.1, -0.05) is 24.3 Å². The van der Waals surface area contributed by atoms with Gasteiger partial charge in [0.15, 0.2) is 0 Å². The first-order valence-corrected chi connectivity index (χ1v) is 10.7. The summed E-state index contributed by atoms with van der Waals surface area (Å²) in [5.41, 5.74) is 3.59. The largest absolute Gasteiger partial charge is 0.497 e. The molecule has 2 aromatic carbocycles. The maximum atomic E-state index is 12.9. The molecule has 2 aromatic rings. The molecule has 1 aliphatic carbocycles. The number of likely N-dealkylation sites (tertiary alicyclic amines) is 1. The zero-order chi connectivity index (χ0) is 19.8. The molecule has 5 rings (SSSR count). The topological polar surface area (TPSA) is 44.8 Å². The minimum absolute atomic E-state index is 0. The number of piperidine rings is 1. The number of benzene rings is 2. The Kier molecular flexibility index (Phi) is 5.94. The average molecular weight is 428 g/mol. The van der Waals surface area contributed by atoms with E-state index in [9.17, 15) is 4.79 Å². The lowest BCUT2D eigenvalue weighted by Crippen LogP contribution is -2.57. The van der Waals surface area contributed by atoms with Crippen molar-refractivity contribution in [2.45, 2.75) is 43.7 Å². The van der Waals surface area contributed by atoms with Gasteiger partial charge < -0.3 is 15.0 Å². The van der Waals surface area contributed by atoms with E-state index in [1.54, 1.807) is 7.11 Å². The van der Waals surface area contributed by atoms with Crippen LogP contribution in [0.25, 0.3) is 0 Å². The number of halogens is 1. The summed E-state index contributed by atoms with van der Waals surface area (Å²) in [6, 6.07) is 17.3. The monoisotopic (exact) mass is 427 g/mol. The van der Waals surface area contributed by atoms with Crippen molar-refractivity contribution in [1.29, 1.82) is 0 Å². The molecule has 2 fully saturated rings. The number of fused-ring (bicyclic) bond motifs is 1. The Labute approximate surface area is 184 Å². The highest BCUT2D eigenvalue weighted by Crippen LogP contribution is 2.42. The Morgan fingerprint density at radius 1 is 1.10 bits per heavy atom. The van der Waals surface area contributed by atoms with Crippen LogP contribution in [0.5, 0.6) is 5.75 Å². The highest BCUT2D eigenvalue weighted by atomic mass is 35.5. The fourth-order valence-electron chi connectivity index (χ4n) is 5.50. The van der Waals surface area contributed by atoms with Gasteiger partial charge in [0.25, 0.3) is 0 Å². The smallest absolute Gasteiger partial charge is 0.247 e. The number of hydrogen-bond donors (Lipinski definition) is 1. The lowest BCUT2D eigenvalue weighted by Gasteiger charge is -2.46. The molecule has 1 amide bonds. The van der Waals surface area contributed by atoms with Gasteiger partial charge in [-0.15, -0.1) is 12.4 Å². The predicted octanol–water partition coefficient (Wildman–Crippen LogP) is 3.92. The molecule has 5 nitrogen and oxygen atoms in total. The van der Waals surface area contributed by atoms with Crippen LogP contribution in [0.15, 0.2) is 48.5 Å². The molecule has 1 atom stereocenters. The van der Waals surface area contributed by atoms with Gasteiger partial charge in [-0.2, -0.15) is 0 Å². The first-order valence-electron chi connectivity index (χ1n) is 10.7. The van der Waals surface area contributed by atoms with E-state index in [2.05, 4.69) is 45.4 Å². The number of carbonyl (C=O) groups is 1. The third kappa shape index (κ3) is 3.44. The van der Waals surface area contributed by atoms with E-state index in [-0.39, 0.29) is 18.3 Å². The second-order valence-corrected chi connectivity index (χ2v) is 8.47. The SMILES string of the molecule is COc1ccc2c(c1)C(N1CCC3(CC1)C(=O)NCN3c1ccccc1)CCC2.Cl. The summed E-state index contributed by atoms with van der Waals surface area (Å²) >= 11 is 0. The van der Waals surface area contributed by atoms with Gasteiger partial charge in [0, 0.05) is 24.8 Å². The maximum absolute atomic E-state index is 12.9. The molecular weight excluding hydrogens is 398 g/mol. The van der Waals surface area contributed by atoms with Gasteiger partial charge in [-0.3, -0.25) is 9.69 Å². The number of ether oxygens (including phenoxy) is 1. The number of rotatable bonds is 3. The summed E-state index contributed by atoms with van der Waals surface area (Å²) in [6.45, 7) is 2.49. The molecule has 2 heterocycles. The van der Waals surface area contributed by atoms with Crippen LogP contribution in [0.2, 0.25) is 0 Å². The lowest BCUT2D eigenvalue weighted by atomic mass is 9.82. The molecule has 1 N–H and O–H groups in total. The standard InChI is InChI=1S/C24H29N3O2.ClH/c1-29-20-11-10-18-6-5-9-22(21(18)16-20)26-14-12-24(13-15-26)23(28)25-17-27(24)19-7-3-2-4-8-19;/h2-4,7-8,10-11,16,22H,5-6,9,12-15,17H2,1H3,(H,25,28);1H. The number of hydrogen-bond acceptors (Lipinski definition) is 4. The predicted molar refractivity (Wildman–Crippen MR) is 121 cm³/mol. The van der Waals surface area contributed by atoms with E-state index < -0.39 is 5.54 Å². The second-order valence-electron chi connectivity index (χ2n) is 8.47. The molecule has 2 saturated heterocycles. The van der Waals surface area contributed by atoms with Crippen molar-refractivity contribution < 1.29 is 9.53 Å². The molecule has 0 radical (unpaired) electrons. The van der Waals surface area contributed by atoms with Crippen LogP contribution in [0.4, 0.5) is 5.69 Å². The summed E-state index contributed by atoms with van der Waals surface area (Å²) < 4.78 is 5.49. The van der Waals surface area contributed by atoms with Crippen LogP contribution < -0.4 is 15.0 Å². The van der Waals surface area contributed by atoms with Crippen LogP contribution in [0, 0.1) is 0 Å².